The third-order valence-corrected chi connectivity index (χ3v) is 18.9. The fourth-order valence-corrected chi connectivity index (χ4v) is 12.7. The predicted molar refractivity (Wildman–Crippen MR) is 387 cm³/mol. The Labute approximate surface area is 592 Å². The van der Waals surface area contributed by atoms with Crippen molar-refractivity contribution in [1.82, 2.24) is 21.3 Å². The number of ketones is 2. The molecule has 0 saturated carbocycles. The molecule has 0 aromatic carbocycles. The van der Waals surface area contributed by atoms with Crippen molar-refractivity contribution in [2.75, 3.05) is 65.9 Å². The van der Waals surface area contributed by atoms with Gasteiger partial charge in [0.2, 0.25) is 11.8 Å². The molecule has 0 aromatic rings. The number of esters is 2. The van der Waals surface area contributed by atoms with Crippen LogP contribution in [0.4, 0.5) is 4.79 Å². The Morgan fingerprint density at radius 3 is 1.00 bits per heavy atom. The third kappa shape index (κ3) is 64.7. The molecule has 0 aliphatic carbocycles. The molecule has 0 radical (unpaired) electrons. The first-order chi connectivity index (χ1) is 47.3. The molecule has 25 heteroatoms. The van der Waals surface area contributed by atoms with E-state index >= 15 is 0 Å². The fraction of sp³-hybridized carbons (Fsp3) is 0.904. The number of carbonyl (C=O) groups excluding carboxylic acids is 7. The van der Waals surface area contributed by atoms with Gasteiger partial charge in [-0.25, -0.2) is 13.9 Å². The number of ether oxygens (including phenoxy) is 4. The largest absolute Gasteiger partial charge is 0.472 e. The summed E-state index contributed by atoms with van der Waals surface area (Å²) in [6.45, 7) is 9.58. The number of phosphoric acid groups is 2. The number of hydrogen-bond donors (Lipinski definition) is 6. The van der Waals surface area contributed by atoms with Crippen LogP contribution in [0.2, 0.25) is 0 Å². The van der Waals surface area contributed by atoms with Crippen molar-refractivity contribution in [3.8, 4) is 0 Å². The van der Waals surface area contributed by atoms with Crippen molar-refractivity contribution in [1.29, 1.82) is 0 Å². The Balaban J connectivity index is 5.51. The molecule has 0 bridgehead atoms. The Kier molecular flexibility index (Phi) is 64.5. The first-order valence-corrected chi connectivity index (χ1v) is 41.7. The highest BCUT2D eigenvalue weighted by Crippen LogP contribution is 2.44. The van der Waals surface area contributed by atoms with Gasteiger partial charge in [-0.15, -0.1) is 0 Å². The summed E-state index contributed by atoms with van der Waals surface area (Å²) in [5.74, 6) is -2.29. The van der Waals surface area contributed by atoms with E-state index in [0.29, 0.717) is 44.9 Å². The molecule has 0 heterocycles. The monoisotopic (exact) mass is 1440 g/mol. The quantitative estimate of drug-likeness (QED) is 0.0143. The number of nitrogens with one attached hydrogen (secondary N) is 4. The van der Waals surface area contributed by atoms with Crippen molar-refractivity contribution in [2.45, 2.75) is 361 Å². The van der Waals surface area contributed by atoms with E-state index in [1.54, 1.807) is 0 Å². The lowest BCUT2D eigenvalue weighted by Crippen LogP contribution is -2.42. The van der Waals surface area contributed by atoms with Gasteiger partial charge in [0, 0.05) is 52.1 Å². The van der Waals surface area contributed by atoms with Crippen LogP contribution in [0, 0.1) is 0 Å². The molecule has 0 fully saturated rings. The number of Topliss-reactive ketones (excluding diaryl/α,β-unsaturated/α-hetero) is 2. The SMILES string of the molecule is CCCCCCCCCCCC(=O)CC(=O)N[C@H](COCC[C@@H](CCCCCCC)OC(C)=O)COP(=O)(O)OCCNC(=O)NCCOP(=O)(O)OC[C@@H](COCC[C@@H](CCCCCCC)OC(=O)CCCCCCCCCCC)NC(=O)CC(=O)CCCCCCCCCCC. The molecule has 0 aliphatic heterocycles. The standard InChI is InChI=1S/C73H140N4O19P2/c1-7-12-17-22-25-28-31-36-39-44-66(79)57-70(81)76-64(59-89-53-49-68(95-63(6)78)46-41-34-20-15-10-4)61-93-97(85,86)91-55-51-74-73(84)75-52-56-92-98(87,88)94-62-65(77-71(82)58-67(80)45-40-37-32-29-26-23-18-13-8-2)60-90-54-50-69(47-42-35-21-16-11-5)96-72(83)48-43-38-33-30-27-24-19-14-9-3/h64-65,68-69H,7-62H2,1-6H3,(H,76,81)(H,77,82)(H,85,86)(H,87,88)(H2,74,75,84)/t64-,65-,68-,69-/m1/s1. The molecule has 0 spiro atoms. The Hall–Kier alpha value is -3.37. The van der Waals surface area contributed by atoms with Crippen LogP contribution in [0.15, 0.2) is 0 Å². The molecule has 4 amide bonds. The van der Waals surface area contributed by atoms with Crippen molar-refractivity contribution < 1.29 is 89.5 Å². The lowest BCUT2D eigenvalue weighted by molar-refractivity contribution is -0.151. The molecule has 6 atom stereocenters. The van der Waals surface area contributed by atoms with Crippen LogP contribution >= 0.6 is 15.6 Å². The zero-order chi connectivity index (χ0) is 72.4. The van der Waals surface area contributed by atoms with E-state index in [1.807, 2.05) is 0 Å². The minimum atomic E-state index is -4.79. The van der Waals surface area contributed by atoms with Crippen LogP contribution < -0.4 is 21.3 Å². The van der Waals surface area contributed by atoms with Crippen LogP contribution in [-0.2, 0) is 74.9 Å². The van der Waals surface area contributed by atoms with Crippen LogP contribution in [0.1, 0.15) is 337 Å². The zero-order valence-electron chi connectivity index (χ0n) is 62.1. The molecule has 98 heavy (non-hydrogen) atoms. The van der Waals surface area contributed by atoms with Crippen molar-refractivity contribution in [3.63, 3.8) is 0 Å². The predicted octanol–water partition coefficient (Wildman–Crippen LogP) is 16.6. The summed E-state index contributed by atoms with van der Waals surface area (Å²) >= 11 is 0. The smallest absolute Gasteiger partial charge is 0.462 e. The molecule has 0 aromatic heterocycles. The summed E-state index contributed by atoms with van der Waals surface area (Å²) in [5.41, 5.74) is 0. The lowest BCUT2D eigenvalue weighted by atomic mass is 10.0. The molecule has 6 N–H and O–H groups in total. The zero-order valence-corrected chi connectivity index (χ0v) is 63.9. The first kappa shape index (κ1) is 94.6. The fourth-order valence-electron chi connectivity index (χ4n) is 11.2. The number of amides is 4. The first-order valence-electron chi connectivity index (χ1n) is 38.7. The van der Waals surface area contributed by atoms with E-state index < -0.39 is 78.0 Å². The maximum Gasteiger partial charge on any atom is 0.472 e. The second kappa shape index (κ2) is 66.8. The topological polar surface area (TPSA) is 316 Å². The minimum Gasteiger partial charge on any atom is -0.462 e. The number of rotatable bonds is 74. The van der Waals surface area contributed by atoms with Gasteiger partial charge < -0.3 is 50.0 Å². The van der Waals surface area contributed by atoms with Gasteiger partial charge in [0.05, 0.1) is 77.8 Å². The maximum absolute atomic E-state index is 13.2. The summed E-state index contributed by atoms with van der Waals surface area (Å²) < 4.78 is 70.1. The lowest BCUT2D eigenvalue weighted by Gasteiger charge is -2.22. The third-order valence-electron chi connectivity index (χ3n) is 16.9. The number of carbonyl (C=O) groups is 7. The van der Waals surface area contributed by atoms with Gasteiger partial charge in [-0.3, -0.25) is 46.9 Å². The van der Waals surface area contributed by atoms with Crippen LogP contribution in [0.5, 0.6) is 0 Å². The number of urea groups is 1. The average Bonchev–Trinajstić information content (AvgIpc) is 1.09. The van der Waals surface area contributed by atoms with E-state index in [2.05, 4.69) is 55.9 Å². The molecular formula is C73H140N4O19P2. The second-order valence-electron chi connectivity index (χ2n) is 26.5. The molecule has 0 rings (SSSR count). The van der Waals surface area contributed by atoms with Crippen molar-refractivity contribution in [3.05, 3.63) is 0 Å². The highest BCUT2D eigenvalue weighted by atomic mass is 31.2. The molecule has 0 aliphatic rings. The van der Waals surface area contributed by atoms with Gasteiger partial charge in [0.25, 0.3) is 0 Å². The van der Waals surface area contributed by atoms with E-state index in [-0.39, 0.29) is 94.9 Å². The van der Waals surface area contributed by atoms with Gasteiger partial charge in [0.15, 0.2) is 0 Å². The second-order valence-corrected chi connectivity index (χ2v) is 29.5. The number of unbranched alkanes of at least 4 members (excludes halogenated alkanes) is 32. The molecular weight excluding hydrogens is 1300 g/mol. The highest BCUT2D eigenvalue weighted by molar-refractivity contribution is 7.47. The Bertz CT molecular complexity index is 2100. The van der Waals surface area contributed by atoms with Crippen LogP contribution in [-0.4, -0.2) is 141 Å². The van der Waals surface area contributed by atoms with E-state index in [0.717, 1.165) is 122 Å². The van der Waals surface area contributed by atoms with Gasteiger partial charge in [-0.1, -0.05) is 240 Å². The van der Waals surface area contributed by atoms with E-state index in [9.17, 15) is 52.5 Å². The van der Waals surface area contributed by atoms with Gasteiger partial charge in [0.1, 0.15) is 23.8 Å². The average molecular weight is 1440 g/mol. The summed E-state index contributed by atoms with van der Waals surface area (Å²) in [4.78, 5) is 111. The molecule has 0 saturated heterocycles. The summed E-state index contributed by atoms with van der Waals surface area (Å²) in [5, 5.41) is 10.2. The highest BCUT2D eigenvalue weighted by Gasteiger charge is 2.28. The van der Waals surface area contributed by atoms with E-state index in [4.69, 9.17) is 37.0 Å². The summed E-state index contributed by atoms with van der Waals surface area (Å²) in [6, 6.07) is -2.73. The van der Waals surface area contributed by atoms with Crippen molar-refractivity contribution in [2.24, 2.45) is 0 Å². The molecule has 23 nitrogen and oxygen atoms in total. The normalized spacial score (nSPS) is 14.0. The van der Waals surface area contributed by atoms with Crippen molar-refractivity contribution >= 4 is 57.0 Å². The summed E-state index contributed by atoms with van der Waals surface area (Å²) in [6.07, 6.45) is 41.6. The molecule has 2 unspecified atom stereocenters. The minimum absolute atomic E-state index is 0.141. The van der Waals surface area contributed by atoms with Crippen LogP contribution in [0.3, 0.4) is 0 Å². The van der Waals surface area contributed by atoms with Gasteiger partial charge in [-0.05, 0) is 44.9 Å². The maximum atomic E-state index is 13.2. The molecule has 576 valence electrons. The summed E-state index contributed by atoms with van der Waals surface area (Å²) in [7, 11) is -9.57. The number of phosphoric ester groups is 2. The Morgan fingerprint density at radius 2 is 0.663 bits per heavy atom. The van der Waals surface area contributed by atoms with Crippen LogP contribution in [0.25, 0.3) is 0 Å². The van der Waals surface area contributed by atoms with E-state index in [1.165, 1.54) is 110 Å². The number of hydrogen-bond acceptors (Lipinski definition) is 17. The van der Waals surface area contributed by atoms with Gasteiger partial charge >= 0.3 is 33.6 Å². The Morgan fingerprint density at radius 1 is 0.357 bits per heavy atom. The van der Waals surface area contributed by atoms with Gasteiger partial charge in [-0.2, -0.15) is 0 Å².